The summed E-state index contributed by atoms with van der Waals surface area (Å²) in [5, 5.41) is 4.40. The molecule has 0 saturated carbocycles. The van der Waals surface area contributed by atoms with Crippen molar-refractivity contribution in [3.05, 3.63) is 35.5 Å². The summed E-state index contributed by atoms with van der Waals surface area (Å²) < 4.78 is 0. The molecule has 0 aliphatic rings. The van der Waals surface area contributed by atoms with Gasteiger partial charge in [-0.2, -0.15) is 0 Å². The van der Waals surface area contributed by atoms with Crippen LogP contribution in [-0.2, 0) is 17.6 Å². The molecule has 35 heavy (non-hydrogen) atoms. The maximum Gasteiger partial charge on any atom is 0.224 e. The van der Waals surface area contributed by atoms with Crippen molar-refractivity contribution in [3.63, 3.8) is 0 Å². The van der Waals surface area contributed by atoms with Crippen LogP contribution in [0, 0.1) is 0 Å². The Labute approximate surface area is 215 Å². The molecule has 2 aromatic rings. The molecule has 1 aromatic heterocycles. The molecule has 0 atom stereocenters. The number of aryl methyl sites for hydroxylation is 1. The molecule has 0 spiro atoms. The van der Waals surface area contributed by atoms with Gasteiger partial charge in [0.1, 0.15) is 0 Å². The first-order valence-corrected chi connectivity index (χ1v) is 14.9. The Kier molecular flexibility index (Phi) is 15.4. The fourth-order valence-electron chi connectivity index (χ4n) is 5.02. The van der Waals surface area contributed by atoms with E-state index in [9.17, 15) is 4.79 Å². The summed E-state index contributed by atoms with van der Waals surface area (Å²) >= 11 is 0. The van der Waals surface area contributed by atoms with E-state index in [0.29, 0.717) is 6.42 Å². The van der Waals surface area contributed by atoms with Crippen LogP contribution < -0.4 is 5.32 Å². The van der Waals surface area contributed by atoms with Gasteiger partial charge in [0.15, 0.2) is 0 Å². The Morgan fingerprint density at radius 2 is 1.26 bits per heavy atom. The number of aromatic nitrogens is 1. The monoisotopic (exact) mass is 480 g/mol. The zero-order chi connectivity index (χ0) is 25.1. The lowest BCUT2D eigenvalue weighted by atomic mass is 9.98. The second kappa shape index (κ2) is 18.4. The molecule has 1 heterocycles. The van der Waals surface area contributed by atoms with Gasteiger partial charge in [0.25, 0.3) is 0 Å². The number of carbonyl (C=O) groups excluding carboxylic acids is 1. The van der Waals surface area contributed by atoms with Crippen molar-refractivity contribution < 1.29 is 4.79 Å². The molecule has 2 rings (SSSR count). The second-order valence-corrected chi connectivity index (χ2v) is 10.3. The predicted octanol–water partition coefficient (Wildman–Crippen LogP) is 9.95. The number of anilines is 1. The summed E-state index contributed by atoms with van der Waals surface area (Å²) in [6.45, 7) is 6.71. The normalized spacial score (nSPS) is 11.3. The number of pyridine rings is 1. The van der Waals surface area contributed by atoms with E-state index in [0.717, 1.165) is 61.5 Å². The number of amides is 1. The van der Waals surface area contributed by atoms with E-state index in [4.69, 9.17) is 4.98 Å². The number of nitrogens with one attached hydrogen (secondary N) is 1. The van der Waals surface area contributed by atoms with Crippen LogP contribution >= 0.6 is 0 Å². The van der Waals surface area contributed by atoms with Gasteiger partial charge in [0.05, 0.1) is 11.2 Å². The third-order valence-electron chi connectivity index (χ3n) is 7.12. The zero-order valence-corrected chi connectivity index (χ0v) is 23.1. The van der Waals surface area contributed by atoms with Gasteiger partial charge in [0, 0.05) is 17.5 Å². The van der Waals surface area contributed by atoms with Crippen molar-refractivity contribution in [3.8, 4) is 0 Å². The van der Waals surface area contributed by atoms with Crippen LogP contribution in [0.3, 0.4) is 0 Å². The Morgan fingerprint density at radius 1 is 0.686 bits per heavy atom. The molecule has 0 bridgehead atoms. The molecular formula is C32H52N2O. The lowest BCUT2D eigenvalue weighted by molar-refractivity contribution is -0.116. The van der Waals surface area contributed by atoms with E-state index in [2.05, 4.69) is 38.2 Å². The number of unbranched alkanes of at least 4 members (excludes halogenated alkanes) is 13. The Bertz CT molecular complexity index is 845. The minimum Gasteiger partial charge on any atom is -0.325 e. The first kappa shape index (κ1) is 29.3. The van der Waals surface area contributed by atoms with E-state index in [1.165, 1.54) is 81.9 Å². The van der Waals surface area contributed by atoms with Crippen LogP contribution in [-0.4, -0.2) is 10.9 Å². The molecule has 3 heteroatoms. The lowest BCUT2D eigenvalue weighted by Crippen LogP contribution is -2.15. The van der Waals surface area contributed by atoms with Crippen molar-refractivity contribution in [2.45, 2.75) is 143 Å². The zero-order valence-electron chi connectivity index (χ0n) is 23.1. The summed E-state index contributed by atoms with van der Waals surface area (Å²) in [7, 11) is 0. The van der Waals surface area contributed by atoms with Crippen molar-refractivity contribution >= 4 is 22.5 Å². The largest absolute Gasteiger partial charge is 0.325 e. The van der Waals surface area contributed by atoms with E-state index >= 15 is 0 Å². The average Bonchev–Trinajstić information content (AvgIpc) is 2.87. The van der Waals surface area contributed by atoms with Gasteiger partial charge < -0.3 is 5.32 Å². The van der Waals surface area contributed by atoms with Crippen LogP contribution in [0.1, 0.15) is 141 Å². The summed E-state index contributed by atoms with van der Waals surface area (Å²) in [4.78, 5) is 17.9. The summed E-state index contributed by atoms with van der Waals surface area (Å²) in [6.07, 6.45) is 23.1. The van der Waals surface area contributed by atoms with Gasteiger partial charge in [-0.05, 0) is 37.3 Å². The number of fused-ring (bicyclic) bond motifs is 1. The first-order chi connectivity index (χ1) is 17.2. The number of rotatable bonds is 20. The van der Waals surface area contributed by atoms with Crippen molar-refractivity contribution in [2.24, 2.45) is 0 Å². The highest BCUT2D eigenvalue weighted by Gasteiger charge is 2.16. The van der Waals surface area contributed by atoms with Crippen LogP contribution in [0.15, 0.2) is 24.3 Å². The second-order valence-electron chi connectivity index (χ2n) is 10.3. The van der Waals surface area contributed by atoms with E-state index < -0.39 is 0 Å². The molecule has 0 radical (unpaired) electrons. The van der Waals surface area contributed by atoms with Crippen LogP contribution in [0.2, 0.25) is 0 Å². The van der Waals surface area contributed by atoms with Crippen LogP contribution in [0.5, 0.6) is 0 Å². The summed E-state index contributed by atoms with van der Waals surface area (Å²) in [6, 6.07) is 8.26. The van der Waals surface area contributed by atoms with Gasteiger partial charge in [-0.1, -0.05) is 129 Å². The molecule has 1 amide bonds. The number of hydrogen-bond donors (Lipinski definition) is 1. The van der Waals surface area contributed by atoms with Crippen molar-refractivity contribution in [1.82, 2.24) is 4.98 Å². The molecular weight excluding hydrogens is 428 g/mol. The molecule has 3 nitrogen and oxygen atoms in total. The third kappa shape index (κ3) is 11.1. The fraction of sp³-hybridized carbons (Fsp3) is 0.688. The number of nitrogens with zero attached hydrogens (tertiary/aromatic N) is 1. The van der Waals surface area contributed by atoms with Gasteiger partial charge >= 0.3 is 0 Å². The quantitative estimate of drug-likeness (QED) is 0.192. The summed E-state index contributed by atoms with van der Waals surface area (Å²) in [5.74, 6) is 0.156. The highest BCUT2D eigenvalue weighted by molar-refractivity contribution is 6.02. The molecule has 196 valence electrons. The number of benzene rings is 1. The molecule has 0 unspecified atom stereocenters. The molecule has 1 aromatic carbocycles. The minimum atomic E-state index is 0.156. The number of hydrogen-bond acceptors (Lipinski definition) is 2. The van der Waals surface area contributed by atoms with Crippen LogP contribution in [0.25, 0.3) is 10.9 Å². The Hall–Kier alpha value is -1.90. The van der Waals surface area contributed by atoms with Gasteiger partial charge in [-0.3, -0.25) is 9.78 Å². The number of para-hydroxylation sites is 1. The van der Waals surface area contributed by atoms with Gasteiger partial charge in [0.2, 0.25) is 5.91 Å². The van der Waals surface area contributed by atoms with E-state index in [-0.39, 0.29) is 5.91 Å². The molecule has 0 aliphatic heterocycles. The molecule has 0 aliphatic carbocycles. The summed E-state index contributed by atoms with van der Waals surface area (Å²) in [5.41, 5.74) is 4.43. The van der Waals surface area contributed by atoms with E-state index in [1.807, 2.05) is 12.1 Å². The predicted molar refractivity (Wildman–Crippen MR) is 153 cm³/mol. The maximum absolute atomic E-state index is 12.9. The first-order valence-electron chi connectivity index (χ1n) is 14.9. The standard InChI is InChI=1S/C32H52N2O/c1-4-7-9-10-11-12-13-14-15-16-17-18-19-26-31(35)34-32-27(22-6-3)29(24-8-5-2)33-30-25-21-20-23-28(30)32/h20-21,23,25H,4-19,22,24,26H2,1-3H3,(H,33,34,35). The van der Waals surface area contributed by atoms with E-state index in [1.54, 1.807) is 0 Å². The van der Waals surface area contributed by atoms with Gasteiger partial charge in [-0.15, -0.1) is 0 Å². The molecule has 0 saturated heterocycles. The molecule has 0 fully saturated rings. The highest BCUT2D eigenvalue weighted by atomic mass is 16.1. The fourth-order valence-corrected chi connectivity index (χ4v) is 5.02. The van der Waals surface area contributed by atoms with Crippen molar-refractivity contribution in [1.29, 1.82) is 0 Å². The average molecular weight is 481 g/mol. The lowest BCUT2D eigenvalue weighted by Gasteiger charge is -2.18. The topological polar surface area (TPSA) is 42.0 Å². The van der Waals surface area contributed by atoms with Crippen LogP contribution in [0.4, 0.5) is 5.69 Å². The SMILES string of the molecule is CCCCCCCCCCCCCCCC(=O)Nc1c(CCC)c(CCCC)nc2ccccc12. The number of carbonyl (C=O) groups is 1. The van der Waals surface area contributed by atoms with Gasteiger partial charge in [-0.25, -0.2) is 0 Å². The third-order valence-corrected chi connectivity index (χ3v) is 7.12. The minimum absolute atomic E-state index is 0.156. The Balaban J connectivity index is 1.76. The maximum atomic E-state index is 12.9. The smallest absolute Gasteiger partial charge is 0.224 e. The van der Waals surface area contributed by atoms with Crippen molar-refractivity contribution in [2.75, 3.05) is 5.32 Å². The Morgan fingerprint density at radius 3 is 1.86 bits per heavy atom. The molecule has 1 N–H and O–H groups in total. The highest BCUT2D eigenvalue weighted by Crippen LogP contribution is 2.31.